The number of carbonyl (C=O) groups excluding carboxylic acids is 1. The lowest BCUT2D eigenvalue weighted by Crippen LogP contribution is -2.67. The van der Waals surface area contributed by atoms with Crippen molar-refractivity contribution in [2.24, 2.45) is 45.7 Å². The van der Waals surface area contributed by atoms with Crippen LogP contribution in [0.2, 0.25) is 0 Å². The first-order chi connectivity index (χ1) is 11.8. The zero-order chi connectivity index (χ0) is 18.0. The van der Waals surface area contributed by atoms with Gasteiger partial charge in [-0.2, -0.15) is 0 Å². The van der Waals surface area contributed by atoms with Gasteiger partial charge in [0, 0.05) is 11.3 Å². The minimum atomic E-state index is -0.363. The monoisotopic (exact) mass is 349 g/mol. The van der Waals surface area contributed by atoms with Crippen molar-refractivity contribution in [1.82, 2.24) is 0 Å². The second kappa shape index (κ2) is 5.69. The van der Waals surface area contributed by atoms with E-state index < -0.39 is 0 Å². The van der Waals surface area contributed by atoms with Gasteiger partial charge in [0.2, 0.25) is 0 Å². The van der Waals surface area contributed by atoms with Crippen molar-refractivity contribution in [1.29, 1.82) is 0 Å². The Bertz CT molecular complexity index is 565. The highest BCUT2D eigenvalue weighted by Gasteiger charge is 2.68. The van der Waals surface area contributed by atoms with E-state index in [0.717, 1.165) is 32.1 Å². The summed E-state index contributed by atoms with van der Waals surface area (Å²) in [6, 6.07) is 0. The Balaban J connectivity index is 1.73. The molecule has 0 aliphatic heterocycles. The predicted molar refractivity (Wildman–Crippen MR) is 96.6 cm³/mol. The molecule has 0 saturated heterocycles. The van der Waals surface area contributed by atoms with Gasteiger partial charge >= 0.3 is 5.97 Å². The minimum absolute atomic E-state index is 0.0271. The van der Waals surface area contributed by atoms with Gasteiger partial charge in [-0.15, -0.1) is 0 Å². The summed E-state index contributed by atoms with van der Waals surface area (Å²) >= 11 is 0. The smallest absolute Gasteiger partial charge is 0.311 e. The van der Waals surface area contributed by atoms with Crippen LogP contribution in [0.5, 0.6) is 0 Å². The van der Waals surface area contributed by atoms with Crippen LogP contribution in [0.1, 0.15) is 65.2 Å². The molecule has 0 unspecified atom stereocenters. The van der Waals surface area contributed by atoms with Crippen LogP contribution >= 0.6 is 0 Å². The van der Waals surface area contributed by atoms with Gasteiger partial charge in [-0.25, -0.2) is 0 Å². The molecular formula is C21H35NO3. The summed E-state index contributed by atoms with van der Waals surface area (Å²) in [6.45, 7) is 5.17. The molecule has 0 aromatic rings. The van der Waals surface area contributed by atoms with Crippen molar-refractivity contribution >= 4 is 5.97 Å². The van der Waals surface area contributed by atoms with Gasteiger partial charge in [-0.1, -0.05) is 13.3 Å². The molecule has 5 aliphatic rings. The average molecular weight is 350 g/mol. The number of ether oxygens (including phenoxy) is 1. The lowest BCUT2D eigenvalue weighted by atomic mass is 9.35. The second-order valence-electron chi connectivity index (χ2n) is 10.0. The number of rotatable bonds is 2. The molecule has 8 atom stereocenters. The summed E-state index contributed by atoms with van der Waals surface area (Å²) in [6.07, 6.45) is 8.63. The topological polar surface area (TPSA) is 72.5 Å². The molecule has 25 heavy (non-hydrogen) atoms. The number of aliphatic hydroxyl groups is 1. The van der Waals surface area contributed by atoms with E-state index in [1.165, 1.54) is 26.4 Å². The highest BCUT2D eigenvalue weighted by Crippen LogP contribution is 2.72. The molecule has 5 saturated carbocycles. The third-order valence-corrected chi connectivity index (χ3v) is 9.41. The Labute approximate surface area is 151 Å². The molecular weight excluding hydrogens is 314 g/mol. The largest absolute Gasteiger partial charge is 0.469 e. The highest BCUT2D eigenvalue weighted by molar-refractivity contribution is 5.77. The number of fused-ring (bicyclic) bond motifs is 3. The zero-order valence-corrected chi connectivity index (χ0v) is 16.1. The Hall–Kier alpha value is -0.610. The lowest BCUT2D eigenvalue weighted by Gasteiger charge is -2.70. The third kappa shape index (κ3) is 2.10. The summed E-state index contributed by atoms with van der Waals surface area (Å²) in [5.41, 5.74) is 5.86. The number of methoxy groups -OCH3 is 1. The Kier molecular flexibility index (Phi) is 4.05. The van der Waals surface area contributed by atoms with Crippen LogP contribution in [-0.4, -0.2) is 30.8 Å². The summed E-state index contributed by atoms with van der Waals surface area (Å²) in [5, 5.41) is 11.3. The van der Waals surface area contributed by atoms with Gasteiger partial charge < -0.3 is 15.6 Å². The minimum Gasteiger partial charge on any atom is -0.469 e. The second-order valence-corrected chi connectivity index (χ2v) is 10.0. The Morgan fingerprint density at radius 3 is 2.56 bits per heavy atom. The first-order valence-corrected chi connectivity index (χ1v) is 10.3. The maximum absolute atomic E-state index is 12.7. The third-order valence-electron chi connectivity index (χ3n) is 9.41. The van der Waals surface area contributed by atoms with E-state index in [1.54, 1.807) is 0 Å². The van der Waals surface area contributed by atoms with Gasteiger partial charge in [-0.3, -0.25) is 4.79 Å². The van der Waals surface area contributed by atoms with Crippen molar-refractivity contribution in [2.75, 3.05) is 13.7 Å². The summed E-state index contributed by atoms with van der Waals surface area (Å²) in [4.78, 5) is 12.7. The first-order valence-electron chi connectivity index (χ1n) is 10.3. The van der Waals surface area contributed by atoms with E-state index in [9.17, 15) is 9.90 Å². The summed E-state index contributed by atoms with van der Waals surface area (Å²) in [5.74, 6) is 1.72. The lowest BCUT2D eigenvalue weighted by molar-refractivity contribution is -0.243. The molecule has 4 heteroatoms. The standard InChI is InChI=1S/C21H35NO3/c1-19-7-4-8-20(2,18(24)25-3)15(19)6-10-21-9-5-13(11-16(19)21)14(12-22)17(21)23/h13-17,23H,4-12,22H2,1-3H3/t13-,14-,15-,16-,17+,19+,20+,21-/m0/s1. The van der Waals surface area contributed by atoms with Gasteiger partial charge in [0.05, 0.1) is 18.6 Å². The molecule has 0 radical (unpaired) electrons. The van der Waals surface area contributed by atoms with Crippen LogP contribution in [0, 0.1) is 39.9 Å². The maximum atomic E-state index is 12.7. The highest BCUT2D eigenvalue weighted by atomic mass is 16.5. The van der Waals surface area contributed by atoms with Crippen LogP contribution in [0.25, 0.3) is 0 Å². The molecule has 5 fully saturated rings. The maximum Gasteiger partial charge on any atom is 0.311 e. The van der Waals surface area contributed by atoms with Crippen molar-refractivity contribution in [3.05, 3.63) is 0 Å². The molecule has 142 valence electrons. The van der Waals surface area contributed by atoms with Gasteiger partial charge in [0.1, 0.15) is 0 Å². The fourth-order valence-corrected chi connectivity index (χ4v) is 8.27. The molecule has 0 aromatic heterocycles. The van der Waals surface area contributed by atoms with E-state index >= 15 is 0 Å². The summed E-state index contributed by atoms with van der Waals surface area (Å²) in [7, 11) is 1.53. The SMILES string of the molecule is COC(=O)[C@]1(C)CCC[C@@]2(C)[C@@H]3C[C@@H]4CC[C@@]3(CC[C@@H]21)[C@H](O)[C@H]4CN. The normalized spacial score (nSPS) is 54.5. The molecule has 5 rings (SSSR count). The van der Waals surface area contributed by atoms with Gasteiger partial charge in [0.25, 0.3) is 0 Å². The molecule has 4 nitrogen and oxygen atoms in total. The molecule has 1 spiro atoms. The Morgan fingerprint density at radius 2 is 1.88 bits per heavy atom. The van der Waals surface area contributed by atoms with Crippen LogP contribution in [0.15, 0.2) is 0 Å². The number of carbonyl (C=O) groups is 1. The van der Waals surface area contributed by atoms with Crippen molar-refractivity contribution in [2.45, 2.75) is 71.3 Å². The van der Waals surface area contributed by atoms with Gasteiger partial charge in [0.15, 0.2) is 0 Å². The number of hydrogen-bond acceptors (Lipinski definition) is 4. The van der Waals surface area contributed by atoms with E-state index in [0.29, 0.717) is 24.3 Å². The quantitative estimate of drug-likeness (QED) is 0.751. The summed E-state index contributed by atoms with van der Waals surface area (Å²) < 4.78 is 5.23. The van der Waals surface area contributed by atoms with E-state index in [-0.39, 0.29) is 34.2 Å². The Morgan fingerprint density at radius 1 is 1.16 bits per heavy atom. The molecule has 0 amide bonds. The molecule has 0 heterocycles. The van der Waals surface area contributed by atoms with Gasteiger partial charge in [-0.05, 0) is 81.6 Å². The molecule has 5 aliphatic carbocycles. The van der Waals surface area contributed by atoms with Crippen molar-refractivity contribution < 1.29 is 14.6 Å². The van der Waals surface area contributed by atoms with Crippen molar-refractivity contribution in [3.63, 3.8) is 0 Å². The van der Waals surface area contributed by atoms with E-state index in [2.05, 4.69) is 13.8 Å². The number of nitrogens with two attached hydrogens (primary N) is 1. The first kappa shape index (κ1) is 17.8. The van der Waals surface area contributed by atoms with Crippen LogP contribution in [0.4, 0.5) is 0 Å². The fraction of sp³-hybridized carbons (Fsp3) is 0.952. The van der Waals surface area contributed by atoms with Crippen LogP contribution in [-0.2, 0) is 9.53 Å². The fourth-order valence-electron chi connectivity index (χ4n) is 8.27. The van der Waals surface area contributed by atoms with E-state index in [4.69, 9.17) is 10.5 Å². The number of esters is 1. The zero-order valence-electron chi connectivity index (χ0n) is 16.1. The van der Waals surface area contributed by atoms with Crippen LogP contribution < -0.4 is 5.73 Å². The van der Waals surface area contributed by atoms with Crippen LogP contribution in [0.3, 0.4) is 0 Å². The number of hydrogen-bond donors (Lipinski definition) is 2. The molecule has 2 bridgehead atoms. The van der Waals surface area contributed by atoms with Crippen molar-refractivity contribution in [3.8, 4) is 0 Å². The molecule has 0 aromatic carbocycles. The average Bonchev–Trinajstić information content (AvgIpc) is 2.61. The predicted octanol–water partition coefficient (Wildman–Crippen LogP) is 3.12. The molecule has 3 N–H and O–H groups in total. The van der Waals surface area contributed by atoms with E-state index in [1.807, 2.05) is 0 Å². The number of aliphatic hydroxyl groups excluding tert-OH is 1.